The third-order valence-corrected chi connectivity index (χ3v) is 16.7. The number of nitrogens with two attached hydrogens (primary N) is 2. The van der Waals surface area contributed by atoms with Crippen molar-refractivity contribution in [1.82, 2.24) is 29.9 Å². The van der Waals surface area contributed by atoms with E-state index in [1.165, 1.54) is 47.4 Å². The van der Waals surface area contributed by atoms with E-state index in [2.05, 4.69) is 79.3 Å². The molecule has 34 nitrogen and oxygen atoms in total. The Morgan fingerprint density at radius 1 is 0.459 bits per heavy atom. The maximum Gasteiger partial charge on any atom is 1.00 e. The molecule has 0 saturated heterocycles. The van der Waals surface area contributed by atoms with Crippen molar-refractivity contribution in [2.75, 3.05) is 44.2 Å². The van der Waals surface area contributed by atoms with Gasteiger partial charge in [-0.2, -0.15) is 42.9 Å². The van der Waals surface area contributed by atoms with Gasteiger partial charge in [-0.15, -0.1) is 0 Å². The molecule has 8 N–H and O–H groups in total. The Hall–Kier alpha value is -2.76. The molecule has 6 aromatic carbocycles. The number of benzene rings is 6. The molecule has 8 aromatic rings. The van der Waals surface area contributed by atoms with Gasteiger partial charge in [0.1, 0.15) is 30.4 Å². The number of nitrogens with zero attached hydrogens (tertiary/aromatic N) is 8. The number of carbonyl (C=O) groups is 2. The molecule has 2 aromatic heterocycles. The SMILES string of the molecule is NC(=O)CCN(Cc1ccccc1)c1nc(Nc2ccc(C=Cc3ccc(Nc4nc(Nc5cc(SOO[O-])ccc5S(=O)(=O)[O-])nc(N(CCC(N)=O)Cc5ccccc5)n4)cc3SOO[O-])c(S(=O)(=O)[O-])c2)nc(Nc2cc(S(=O)(=O)[O-])ccc2SOO[O-])n1.[Na+].[Na+].[Na+].[Na+].[Na+].[Na+]. The van der Waals surface area contributed by atoms with E-state index in [4.69, 9.17) is 11.5 Å². The number of nitrogens with one attached hydrogen (secondary N) is 4. The van der Waals surface area contributed by atoms with Crippen LogP contribution in [0.15, 0.2) is 163 Å². The Kier molecular flexibility index (Phi) is 41.1. The molecule has 0 fully saturated rings. The fraction of sp³-hybridized carbons (Fsp3) is 0.115. The predicted molar refractivity (Wildman–Crippen MR) is 318 cm³/mol. The number of amides is 2. The van der Waals surface area contributed by atoms with Crippen molar-refractivity contribution in [3.8, 4) is 0 Å². The van der Waals surface area contributed by atoms with Crippen molar-refractivity contribution in [1.29, 1.82) is 0 Å². The van der Waals surface area contributed by atoms with Crippen molar-refractivity contribution in [3.05, 3.63) is 156 Å². The van der Waals surface area contributed by atoms with E-state index in [-0.39, 0.29) is 301 Å². The van der Waals surface area contributed by atoms with Crippen molar-refractivity contribution >= 4 is 149 Å². The number of primary amides is 2. The molecule has 0 atom stereocenters. The second kappa shape index (κ2) is 44.1. The Bertz CT molecular complexity index is 4350. The van der Waals surface area contributed by atoms with Gasteiger partial charge in [0.2, 0.25) is 47.5 Å². The van der Waals surface area contributed by atoms with Crippen LogP contribution >= 0.6 is 36.1 Å². The first-order valence-electron chi connectivity index (χ1n) is 25.7. The van der Waals surface area contributed by atoms with Crippen molar-refractivity contribution in [3.63, 3.8) is 0 Å². The van der Waals surface area contributed by atoms with Gasteiger partial charge in [0.05, 0.1) is 67.1 Å². The van der Waals surface area contributed by atoms with Crippen LogP contribution in [0.2, 0.25) is 0 Å². The van der Waals surface area contributed by atoms with Gasteiger partial charge >= 0.3 is 177 Å². The first-order valence-corrected chi connectivity index (χ1v) is 32.2. The fourth-order valence-electron chi connectivity index (χ4n) is 8.17. The second-order valence-corrected chi connectivity index (χ2v) is 24.8. The minimum atomic E-state index is -5.34. The third kappa shape index (κ3) is 28.7. The predicted octanol–water partition coefficient (Wildman–Crippen LogP) is -14.6. The zero-order chi connectivity index (χ0) is 66.0. The molecule has 0 radical (unpaired) electrons. The first kappa shape index (κ1) is 91.3. The smallest absolute Gasteiger partial charge is 0.744 e. The van der Waals surface area contributed by atoms with E-state index in [0.717, 1.165) is 48.0 Å². The number of aromatic nitrogens is 6. The van der Waals surface area contributed by atoms with Gasteiger partial charge in [-0.1, -0.05) is 84.9 Å². The molecule has 0 aliphatic rings. The fourth-order valence-corrected chi connectivity index (χ4v) is 11.3. The molecule has 0 saturated carbocycles. The zero-order valence-corrected chi connectivity index (χ0v) is 69.3. The molecule has 0 aliphatic heterocycles. The molecule has 0 spiro atoms. The standard InChI is InChI=1S/C52H50N14O20S6.6Na/c53-45(67)21-23-65(29-31-7-3-1-4-8-31)51-62-48(59-49(63-51)57-39-28-38(90(72,73)74)18-19-41(39)88-85-82-70)56-36-16-14-34(44(26-36)92(78,79)80)12-11-33-13-15-35(25-42(33)89-86-83-71)55-47-60-50(58-40-27-37(87-84-81-69)17-20-43(40)91(75,76)77)64-52(61-47)66(24-22-46(54)68)30-32-9-5-2-6-10-32;;;;;;/h1-20,25-28,69-71H,21-24,29-30H2,(H2,53,67)(H2,54,68)(H,72,73,74)(H,75,76,77)(H,78,79,80)(H2,55,58,60,61,64)(H2,56,57,59,62,63);;;;;;/q;6*+1/p-6. The molecular weight excluding hydrogens is 1470 g/mol. The van der Waals surface area contributed by atoms with E-state index in [0.29, 0.717) is 41.7 Å². The Labute approximate surface area is 705 Å². The van der Waals surface area contributed by atoms with Gasteiger partial charge in [0.15, 0.2) is 0 Å². The van der Waals surface area contributed by atoms with Gasteiger partial charge in [0, 0.05) is 60.2 Å². The molecule has 2 amide bonds. The van der Waals surface area contributed by atoms with Crippen LogP contribution in [0.1, 0.15) is 35.1 Å². The van der Waals surface area contributed by atoms with E-state index >= 15 is 0 Å². The molecule has 0 aliphatic carbocycles. The van der Waals surface area contributed by atoms with Crippen LogP contribution in [0.3, 0.4) is 0 Å². The van der Waals surface area contributed by atoms with Crippen molar-refractivity contribution < 1.29 is 270 Å². The molecular formula is C52H44N14Na6O20S6. The first-order chi connectivity index (χ1) is 43.9. The Morgan fingerprint density at radius 2 is 0.898 bits per heavy atom. The van der Waals surface area contributed by atoms with Crippen LogP contribution in [0.5, 0.6) is 0 Å². The van der Waals surface area contributed by atoms with Crippen LogP contribution < -0.4 is 236 Å². The molecule has 98 heavy (non-hydrogen) atoms. The summed E-state index contributed by atoms with van der Waals surface area (Å²) in [4.78, 5) is 51.9. The van der Waals surface area contributed by atoms with Gasteiger partial charge in [-0.3, -0.25) is 24.7 Å². The van der Waals surface area contributed by atoms with Crippen LogP contribution in [0.25, 0.3) is 12.2 Å². The van der Waals surface area contributed by atoms with Crippen molar-refractivity contribution in [2.45, 2.75) is 55.3 Å². The summed E-state index contributed by atoms with van der Waals surface area (Å²) in [5.41, 5.74) is 12.0. The number of hydrogen-bond acceptors (Lipinski definition) is 35. The average Bonchev–Trinajstić information content (AvgIpc) is 0.810. The average molecular weight is 1520 g/mol. The minimum absolute atomic E-state index is 0. The third-order valence-electron chi connectivity index (χ3n) is 12.2. The van der Waals surface area contributed by atoms with Crippen LogP contribution in [0.4, 0.5) is 58.4 Å². The van der Waals surface area contributed by atoms with Gasteiger partial charge < -0.3 is 72.0 Å². The Morgan fingerprint density at radius 3 is 1.37 bits per heavy atom. The largest absolute Gasteiger partial charge is 1.00 e. The van der Waals surface area contributed by atoms with E-state index in [1.807, 2.05) is 0 Å². The number of hydrogen-bond donors (Lipinski definition) is 6. The second-order valence-electron chi connectivity index (χ2n) is 18.5. The molecule has 0 unspecified atom stereocenters. The van der Waals surface area contributed by atoms with Gasteiger partial charge in [0.25, 0.3) is 0 Å². The van der Waals surface area contributed by atoms with Crippen LogP contribution in [0, 0.1) is 0 Å². The van der Waals surface area contributed by atoms with Gasteiger partial charge in [-0.25, -0.2) is 25.3 Å². The van der Waals surface area contributed by atoms with Crippen LogP contribution in [-0.4, -0.2) is 93.7 Å². The van der Waals surface area contributed by atoms with Crippen LogP contribution in [-0.2, 0) is 81.1 Å². The Balaban J connectivity index is 0.00000544. The van der Waals surface area contributed by atoms with E-state index in [1.54, 1.807) is 65.6 Å². The summed E-state index contributed by atoms with van der Waals surface area (Å²) in [5.74, 6) is -2.97. The summed E-state index contributed by atoms with van der Waals surface area (Å²) in [5, 5.41) is 54.3. The summed E-state index contributed by atoms with van der Waals surface area (Å²) in [7, 11) is -15.6. The quantitative estimate of drug-likeness (QED) is 0.00545. The summed E-state index contributed by atoms with van der Waals surface area (Å²) in [6.45, 7) is 0.0320. The molecule has 8 rings (SSSR count). The number of anilines is 10. The maximum atomic E-state index is 13.1. The number of rotatable bonds is 34. The summed E-state index contributed by atoms with van der Waals surface area (Å²) >= 11 is 1.09. The zero-order valence-electron chi connectivity index (χ0n) is 52.4. The normalized spacial score (nSPS) is 11.0. The number of carbonyl (C=O) groups excluding carboxylic acids is 2. The summed E-state index contributed by atoms with van der Waals surface area (Å²) < 4.78 is 126. The molecule has 484 valence electrons. The minimum Gasteiger partial charge on any atom is -0.744 e. The summed E-state index contributed by atoms with van der Waals surface area (Å²) in [6, 6.07) is 31.7. The van der Waals surface area contributed by atoms with E-state index in [9.17, 15) is 64.3 Å². The van der Waals surface area contributed by atoms with Crippen molar-refractivity contribution in [2.24, 2.45) is 11.5 Å². The molecule has 0 bridgehead atoms. The monoisotopic (exact) mass is 1510 g/mol. The topological polar surface area (TPSA) is 514 Å². The van der Waals surface area contributed by atoms with Gasteiger partial charge in [-0.05, 0) is 82.9 Å². The summed E-state index contributed by atoms with van der Waals surface area (Å²) in [6.07, 6.45) is 2.19. The molecule has 46 heteroatoms. The molecule has 2 heterocycles. The van der Waals surface area contributed by atoms with E-state index < -0.39 is 56.9 Å². The maximum absolute atomic E-state index is 13.1.